The zero-order chi connectivity index (χ0) is 20.2. The Hall–Kier alpha value is -2.73. The number of rotatable bonds is 3. The molecule has 152 valence electrons. The molecule has 2 aliphatic heterocycles. The third-order valence-electron chi connectivity index (χ3n) is 5.11. The van der Waals surface area contributed by atoms with Gasteiger partial charge in [-0.05, 0) is 55.7 Å². The Bertz CT molecular complexity index is 925. The van der Waals surface area contributed by atoms with E-state index in [1.54, 1.807) is 36.4 Å². The molecule has 7 heteroatoms. The molecule has 2 aliphatic rings. The van der Waals surface area contributed by atoms with Crippen LogP contribution in [-0.2, 0) is 0 Å². The van der Waals surface area contributed by atoms with Crippen molar-refractivity contribution < 1.29 is 19.1 Å². The van der Waals surface area contributed by atoms with Crippen molar-refractivity contribution in [2.24, 2.45) is 0 Å². The summed E-state index contributed by atoms with van der Waals surface area (Å²) in [6.07, 6.45) is 3.93. The Labute approximate surface area is 174 Å². The topological polar surface area (TPSA) is 67.9 Å². The van der Waals surface area contributed by atoms with E-state index in [4.69, 9.17) is 21.1 Å². The molecule has 0 atom stereocenters. The lowest BCUT2D eigenvalue weighted by atomic mass is 10.1. The molecule has 1 N–H and O–H groups in total. The summed E-state index contributed by atoms with van der Waals surface area (Å²) in [5.41, 5.74) is 1.27. The van der Waals surface area contributed by atoms with Gasteiger partial charge in [-0.25, -0.2) is 0 Å². The standard InChI is InChI=1S/C22H23ClN2O4/c23-16-6-7-17(22(27)25-9-2-1-3-10-25)18(14-16)24-21(26)15-5-8-19-20(13-15)29-12-4-11-28-19/h5-8,13-14H,1-4,9-12H2,(H,24,26). The number of nitrogens with zero attached hydrogens (tertiary/aromatic N) is 1. The first-order chi connectivity index (χ1) is 14.1. The molecule has 0 aliphatic carbocycles. The molecule has 1 saturated heterocycles. The Morgan fingerprint density at radius 2 is 1.66 bits per heavy atom. The van der Waals surface area contributed by atoms with Gasteiger partial charge in [0.15, 0.2) is 11.5 Å². The maximum atomic E-state index is 13.0. The number of piperidine rings is 1. The maximum absolute atomic E-state index is 13.0. The number of carbonyl (C=O) groups excluding carboxylic acids is 2. The highest BCUT2D eigenvalue weighted by molar-refractivity contribution is 6.31. The average molecular weight is 415 g/mol. The highest BCUT2D eigenvalue weighted by Gasteiger charge is 2.22. The fraction of sp³-hybridized carbons (Fsp3) is 0.364. The normalized spacial score (nSPS) is 16.1. The number of hydrogen-bond acceptors (Lipinski definition) is 4. The number of hydrogen-bond donors (Lipinski definition) is 1. The van der Waals surface area contributed by atoms with Crippen LogP contribution in [0.2, 0.25) is 5.02 Å². The summed E-state index contributed by atoms with van der Waals surface area (Å²) < 4.78 is 11.3. The first kappa shape index (κ1) is 19.6. The lowest BCUT2D eigenvalue weighted by Gasteiger charge is -2.27. The van der Waals surface area contributed by atoms with Crippen LogP contribution in [0.5, 0.6) is 11.5 Å². The van der Waals surface area contributed by atoms with Crippen molar-refractivity contribution >= 4 is 29.1 Å². The van der Waals surface area contributed by atoms with Crippen molar-refractivity contribution in [3.05, 3.63) is 52.5 Å². The highest BCUT2D eigenvalue weighted by Crippen LogP contribution is 2.31. The van der Waals surface area contributed by atoms with Gasteiger partial charge in [0.2, 0.25) is 0 Å². The fourth-order valence-electron chi connectivity index (χ4n) is 3.57. The van der Waals surface area contributed by atoms with Gasteiger partial charge in [-0.1, -0.05) is 11.6 Å². The van der Waals surface area contributed by atoms with Gasteiger partial charge in [0.1, 0.15) is 0 Å². The van der Waals surface area contributed by atoms with Gasteiger partial charge in [-0.2, -0.15) is 0 Å². The maximum Gasteiger partial charge on any atom is 0.255 e. The van der Waals surface area contributed by atoms with Crippen molar-refractivity contribution in [1.82, 2.24) is 4.90 Å². The van der Waals surface area contributed by atoms with E-state index >= 15 is 0 Å². The minimum atomic E-state index is -0.337. The van der Waals surface area contributed by atoms with Crippen molar-refractivity contribution in [2.75, 3.05) is 31.6 Å². The van der Waals surface area contributed by atoms with Crippen LogP contribution in [0, 0.1) is 0 Å². The molecule has 29 heavy (non-hydrogen) atoms. The number of benzene rings is 2. The van der Waals surface area contributed by atoms with Crippen molar-refractivity contribution in [3.8, 4) is 11.5 Å². The van der Waals surface area contributed by atoms with Gasteiger partial charge >= 0.3 is 0 Å². The van der Waals surface area contributed by atoms with E-state index in [9.17, 15) is 9.59 Å². The molecule has 4 rings (SSSR count). The minimum Gasteiger partial charge on any atom is -0.490 e. The summed E-state index contributed by atoms with van der Waals surface area (Å²) in [7, 11) is 0. The van der Waals surface area contributed by atoms with Gasteiger partial charge in [-0.15, -0.1) is 0 Å². The van der Waals surface area contributed by atoms with Gasteiger partial charge in [0, 0.05) is 30.1 Å². The number of nitrogens with one attached hydrogen (secondary N) is 1. The second-order valence-corrected chi connectivity index (χ2v) is 7.65. The number of fused-ring (bicyclic) bond motifs is 1. The lowest BCUT2D eigenvalue weighted by molar-refractivity contribution is 0.0725. The Morgan fingerprint density at radius 1 is 0.897 bits per heavy atom. The molecule has 2 aromatic carbocycles. The van der Waals surface area contributed by atoms with E-state index in [1.165, 1.54) is 0 Å². The van der Waals surface area contributed by atoms with Crippen LogP contribution in [0.15, 0.2) is 36.4 Å². The van der Waals surface area contributed by atoms with E-state index in [1.807, 2.05) is 4.90 Å². The number of amides is 2. The summed E-state index contributed by atoms with van der Waals surface area (Å²) in [6, 6.07) is 10.0. The minimum absolute atomic E-state index is 0.0877. The summed E-state index contributed by atoms with van der Waals surface area (Å²) in [6.45, 7) is 2.60. The Balaban J connectivity index is 1.57. The molecule has 0 saturated carbocycles. The van der Waals surface area contributed by atoms with Crippen molar-refractivity contribution in [2.45, 2.75) is 25.7 Å². The van der Waals surface area contributed by atoms with E-state index in [-0.39, 0.29) is 11.8 Å². The average Bonchev–Trinajstić information content (AvgIpc) is 2.99. The Kier molecular flexibility index (Phi) is 5.90. The van der Waals surface area contributed by atoms with Crippen LogP contribution in [0.3, 0.4) is 0 Å². The Morgan fingerprint density at radius 3 is 2.45 bits per heavy atom. The number of likely N-dealkylation sites (tertiary alicyclic amines) is 1. The molecule has 0 bridgehead atoms. The first-order valence-corrected chi connectivity index (χ1v) is 10.3. The number of ether oxygens (including phenoxy) is 2. The van der Waals surface area contributed by atoms with E-state index in [0.29, 0.717) is 46.5 Å². The van der Waals surface area contributed by atoms with E-state index in [0.717, 1.165) is 38.8 Å². The van der Waals surface area contributed by atoms with E-state index in [2.05, 4.69) is 5.32 Å². The second kappa shape index (κ2) is 8.74. The highest BCUT2D eigenvalue weighted by atomic mass is 35.5. The van der Waals surface area contributed by atoms with E-state index < -0.39 is 0 Å². The molecule has 1 fully saturated rings. The third kappa shape index (κ3) is 4.48. The van der Waals surface area contributed by atoms with Gasteiger partial charge in [-0.3, -0.25) is 9.59 Å². The molecule has 0 aromatic heterocycles. The molecular formula is C22H23ClN2O4. The monoisotopic (exact) mass is 414 g/mol. The van der Waals surface area contributed by atoms with Crippen LogP contribution in [-0.4, -0.2) is 43.0 Å². The van der Waals surface area contributed by atoms with Crippen LogP contribution < -0.4 is 14.8 Å². The third-order valence-corrected chi connectivity index (χ3v) is 5.35. The molecule has 2 aromatic rings. The number of halogens is 1. The van der Waals surface area contributed by atoms with Crippen LogP contribution >= 0.6 is 11.6 Å². The molecule has 0 radical (unpaired) electrons. The summed E-state index contributed by atoms with van der Waals surface area (Å²) in [5.74, 6) is 0.750. The number of anilines is 1. The number of carbonyl (C=O) groups is 2. The molecule has 6 nitrogen and oxygen atoms in total. The summed E-state index contributed by atoms with van der Waals surface area (Å²) in [5, 5.41) is 3.30. The van der Waals surface area contributed by atoms with Gasteiger partial charge < -0.3 is 19.7 Å². The molecule has 2 amide bonds. The molecular weight excluding hydrogens is 392 g/mol. The molecule has 0 spiro atoms. The predicted molar refractivity (Wildman–Crippen MR) is 111 cm³/mol. The first-order valence-electron chi connectivity index (χ1n) is 9.91. The van der Waals surface area contributed by atoms with Crippen molar-refractivity contribution in [1.29, 1.82) is 0 Å². The SMILES string of the molecule is O=C(Nc1cc(Cl)ccc1C(=O)N1CCCCC1)c1ccc2c(c1)OCCCO2. The van der Waals surface area contributed by atoms with Gasteiger partial charge in [0.05, 0.1) is 24.5 Å². The second-order valence-electron chi connectivity index (χ2n) is 7.21. The zero-order valence-electron chi connectivity index (χ0n) is 16.1. The predicted octanol–water partition coefficient (Wildman–Crippen LogP) is 4.38. The van der Waals surface area contributed by atoms with Crippen LogP contribution in [0.4, 0.5) is 5.69 Å². The van der Waals surface area contributed by atoms with Crippen LogP contribution in [0.1, 0.15) is 46.4 Å². The smallest absolute Gasteiger partial charge is 0.255 e. The molecule has 2 heterocycles. The van der Waals surface area contributed by atoms with Gasteiger partial charge in [0.25, 0.3) is 11.8 Å². The zero-order valence-corrected chi connectivity index (χ0v) is 16.8. The summed E-state index contributed by atoms with van der Waals surface area (Å²) in [4.78, 5) is 27.7. The van der Waals surface area contributed by atoms with Crippen LogP contribution in [0.25, 0.3) is 0 Å². The largest absolute Gasteiger partial charge is 0.490 e. The summed E-state index contributed by atoms with van der Waals surface area (Å²) >= 11 is 6.14. The lowest BCUT2D eigenvalue weighted by Crippen LogP contribution is -2.36. The molecule has 0 unspecified atom stereocenters. The van der Waals surface area contributed by atoms with Crippen molar-refractivity contribution in [3.63, 3.8) is 0 Å². The quantitative estimate of drug-likeness (QED) is 0.809. The fourth-order valence-corrected chi connectivity index (χ4v) is 3.74.